The molecule has 0 fully saturated rings. The Labute approximate surface area is 315 Å². The number of rotatable bonds is 9. The second-order valence-electron chi connectivity index (χ2n) is 16.5. The molecule has 2 heterocycles. The summed E-state index contributed by atoms with van der Waals surface area (Å²) in [5.74, 6) is -0.278. The average Bonchev–Trinajstić information content (AvgIpc) is 3.35. The first-order valence-corrected chi connectivity index (χ1v) is 17.7. The molecule has 0 aliphatic rings. The molecule has 4 rings (SSSR count). The number of ether oxygens (including phenoxy) is 5. The third-order valence-corrected chi connectivity index (χ3v) is 7.46. The molecule has 13 nitrogen and oxygen atoms in total. The molecule has 0 radical (unpaired) electrons. The summed E-state index contributed by atoms with van der Waals surface area (Å²) in [5, 5.41) is 9.98. The van der Waals surface area contributed by atoms with Crippen molar-refractivity contribution >= 4 is 46.1 Å². The van der Waals surface area contributed by atoms with Gasteiger partial charge in [-0.2, -0.15) is 10.2 Å². The Morgan fingerprint density at radius 2 is 1.44 bits per heavy atom. The highest BCUT2D eigenvalue weighted by Crippen LogP contribution is 2.36. The van der Waals surface area contributed by atoms with E-state index in [4.69, 9.17) is 33.7 Å². The molecule has 0 spiro atoms. The molecule has 0 N–H and O–H groups in total. The number of carbonyl (C=O) groups excluding carboxylic acids is 3. The van der Waals surface area contributed by atoms with Crippen LogP contribution in [0.2, 0.25) is 0 Å². The standard InChI is InChI=1S/C40H50FN5O8/c1-13-50-22-30-44-31-32(45(30)23-40(11,12)54-36(49)53-39(8,9)10)27-16-14-24(18-26-19-25(21-42)15-17-28(26)41)20-29(27)43-33(31)46(34(47)51-37(2,3)4)35(48)52-38(5,6)7/h14-17,19-20H,13,18,22-23H2,1-12H3. The maximum absolute atomic E-state index is 14.9. The predicted molar refractivity (Wildman–Crippen MR) is 201 cm³/mol. The van der Waals surface area contributed by atoms with Gasteiger partial charge in [0.1, 0.15) is 46.2 Å². The zero-order valence-electron chi connectivity index (χ0n) is 33.2. The molecule has 54 heavy (non-hydrogen) atoms. The summed E-state index contributed by atoms with van der Waals surface area (Å²) >= 11 is 0. The van der Waals surface area contributed by atoms with Crippen molar-refractivity contribution in [2.24, 2.45) is 0 Å². The lowest BCUT2D eigenvalue weighted by molar-refractivity contribution is -0.0584. The number of pyridine rings is 1. The average molecular weight is 748 g/mol. The Balaban J connectivity index is 2.06. The Bertz CT molecular complexity index is 2070. The number of nitriles is 1. The van der Waals surface area contributed by atoms with E-state index in [2.05, 4.69) is 0 Å². The number of imide groups is 1. The SMILES string of the molecule is CCOCc1nc2c(N(C(=O)OC(C)(C)C)C(=O)OC(C)(C)C)nc3cc(Cc4cc(C#N)ccc4F)ccc3c2n1CC(C)(C)OC(=O)OC(C)(C)C. The molecule has 14 heteroatoms. The summed E-state index contributed by atoms with van der Waals surface area (Å²) in [5.41, 5.74) is -1.86. The van der Waals surface area contributed by atoms with Gasteiger partial charge in [0.05, 0.1) is 29.2 Å². The molecule has 2 aromatic heterocycles. The molecule has 2 aromatic carbocycles. The molecule has 0 saturated heterocycles. The first-order chi connectivity index (χ1) is 24.9. The number of hydrogen-bond donors (Lipinski definition) is 0. The minimum Gasteiger partial charge on any atom is -0.443 e. The molecule has 0 saturated carbocycles. The summed E-state index contributed by atoms with van der Waals surface area (Å²) in [6, 6.07) is 11.5. The highest BCUT2D eigenvalue weighted by molar-refractivity contribution is 6.17. The lowest BCUT2D eigenvalue weighted by atomic mass is 10.0. The third kappa shape index (κ3) is 10.7. The van der Waals surface area contributed by atoms with Crippen LogP contribution in [-0.2, 0) is 43.3 Å². The first kappa shape index (κ1) is 41.5. The molecule has 0 aliphatic heterocycles. The van der Waals surface area contributed by atoms with E-state index in [1.807, 2.05) is 13.0 Å². The van der Waals surface area contributed by atoms with E-state index in [-0.39, 0.29) is 30.9 Å². The number of carbonyl (C=O) groups is 3. The summed E-state index contributed by atoms with van der Waals surface area (Å²) in [7, 11) is 0. The smallest absolute Gasteiger partial charge is 0.443 e. The summed E-state index contributed by atoms with van der Waals surface area (Å²) in [6.45, 7) is 20.8. The van der Waals surface area contributed by atoms with Crippen LogP contribution in [0.5, 0.6) is 0 Å². The topological polar surface area (TPSA) is 155 Å². The van der Waals surface area contributed by atoms with E-state index in [1.54, 1.807) is 98.9 Å². The van der Waals surface area contributed by atoms with Crippen molar-refractivity contribution in [1.82, 2.24) is 14.5 Å². The number of nitrogens with zero attached hydrogens (tertiary/aromatic N) is 5. The lowest BCUT2D eigenvalue weighted by Crippen LogP contribution is -2.44. The highest BCUT2D eigenvalue weighted by atomic mass is 19.1. The molecule has 290 valence electrons. The van der Waals surface area contributed by atoms with Gasteiger partial charge in [-0.1, -0.05) is 12.1 Å². The van der Waals surface area contributed by atoms with E-state index < -0.39 is 46.6 Å². The largest absolute Gasteiger partial charge is 0.509 e. The second kappa shape index (κ2) is 15.6. The Morgan fingerprint density at radius 3 is 2.00 bits per heavy atom. The number of aromatic nitrogens is 3. The Hall–Kier alpha value is -5.29. The van der Waals surface area contributed by atoms with Crippen LogP contribution in [0.15, 0.2) is 36.4 Å². The minimum atomic E-state index is -1.17. The number of fused-ring (bicyclic) bond motifs is 3. The van der Waals surface area contributed by atoms with Crippen LogP contribution in [0.3, 0.4) is 0 Å². The number of benzene rings is 2. The molecule has 0 bridgehead atoms. The van der Waals surface area contributed by atoms with E-state index in [0.717, 1.165) is 0 Å². The van der Waals surface area contributed by atoms with Crippen molar-refractivity contribution in [3.8, 4) is 6.07 Å². The van der Waals surface area contributed by atoms with Crippen LogP contribution in [0.4, 0.5) is 24.6 Å². The van der Waals surface area contributed by atoms with E-state index in [0.29, 0.717) is 50.4 Å². The fraction of sp³-hybridized carbons (Fsp3) is 0.500. The third-order valence-electron chi connectivity index (χ3n) is 7.46. The van der Waals surface area contributed by atoms with Gasteiger partial charge in [-0.15, -0.1) is 0 Å². The zero-order chi connectivity index (χ0) is 40.4. The van der Waals surface area contributed by atoms with Crippen LogP contribution in [-0.4, -0.2) is 61.9 Å². The van der Waals surface area contributed by atoms with E-state index >= 15 is 0 Å². The number of anilines is 1. The fourth-order valence-corrected chi connectivity index (χ4v) is 5.48. The monoisotopic (exact) mass is 747 g/mol. The van der Waals surface area contributed by atoms with Crippen LogP contribution in [0.1, 0.15) is 106 Å². The molecular formula is C40H50FN5O8. The quantitative estimate of drug-likeness (QED) is 0.119. The number of halogens is 1. The minimum absolute atomic E-state index is 0.0140. The number of amides is 2. The van der Waals surface area contributed by atoms with Gasteiger partial charge in [0.15, 0.2) is 5.82 Å². The fourth-order valence-electron chi connectivity index (χ4n) is 5.48. The van der Waals surface area contributed by atoms with Crippen molar-refractivity contribution < 1.29 is 42.5 Å². The van der Waals surface area contributed by atoms with Crippen LogP contribution < -0.4 is 4.90 Å². The molecule has 0 aliphatic carbocycles. The summed E-state index contributed by atoms with van der Waals surface area (Å²) in [6.07, 6.45) is -2.86. The Kier molecular flexibility index (Phi) is 12.0. The van der Waals surface area contributed by atoms with Gasteiger partial charge in [0.25, 0.3) is 0 Å². The number of imidazole rings is 1. The maximum Gasteiger partial charge on any atom is 0.509 e. The maximum atomic E-state index is 14.9. The predicted octanol–water partition coefficient (Wildman–Crippen LogP) is 9.13. The van der Waals surface area contributed by atoms with Crippen LogP contribution in [0.25, 0.3) is 21.9 Å². The van der Waals surface area contributed by atoms with Crippen LogP contribution >= 0.6 is 0 Å². The van der Waals surface area contributed by atoms with Gasteiger partial charge in [-0.25, -0.2) is 28.7 Å². The van der Waals surface area contributed by atoms with Crippen molar-refractivity contribution in [3.63, 3.8) is 0 Å². The normalized spacial score (nSPS) is 12.4. The summed E-state index contributed by atoms with van der Waals surface area (Å²) < 4.78 is 45.2. The second-order valence-corrected chi connectivity index (χ2v) is 16.5. The molecular weight excluding hydrogens is 697 g/mol. The van der Waals surface area contributed by atoms with Crippen molar-refractivity contribution in [1.29, 1.82) is 5.26 Å². The van der Waals surface area contributed by atoms with Gasteiger partial charge in [0.2, 0.25) is 0 Å². The van der Waals surface area contributed by atoms with Crippen molar-refractivity contribution in [2.75, 3.05) is 11.5 Å². The van der Waals surface area contributed by atoms with Gasteiger partial charge in [0, 0.05) is 18.4 Å². The van der Waals surface area contributed by atoms with Gasteiger partial charge < -0.3 is 28.3 Å². The summed E-state index contributed by atoms with van der Waals surface area (Å²) in [4.78, 5) is 51.2. The van der Waals surface area contributed by atoms with Gasteiger partial charge in [-0.3, -0.25) is 0 Å². The van der Waals surface area contributed by atoms with Gasteiger partial charge in [-0.05, 0) is 118 Å². The zero-order valence-corrected chi connectivity index (χ0v) is 33.2. The van der Waals surface area contributed by atoms with E-state index in [9.17, 15) is 24.0 Å². The Morgan fingerprint density at radius 1 is 0.833 bits per heavy atom. The first-order valence-electron chi connectivity index (χ1n) is 17.7. The van der Waals surface area contributed by atoms with Crippen molar-refractivity contribution in [2.45, 2.75) is 125 Å². The lowest BCUT2D eigenvalue weighted by Gasteiger charge is -2.29. The molecule has 4 aromatic rings. The molecule has 0 unspecified atom stereocenters. The number of hydrogen-bond acceptors (Lipinski definition) is 11. The highest BCUT2D eigenvalue weighted by Gasteiger charge is 2.37. The molecule has 2 amide bonds. The van der Waals surface area contributed by atoms with Crippen molar-refractivity contribution in [3.05, 3.63) is 64.7 Å². The molecule has 0 atom stereocenters. The van der Waals surface area contributed by atoms with Crippen LogP contribution in [0, 0.1) is 17.1 Å². The van der Waals surface area contributed by atoms with Gasteiger partial charge >= 0.3 is 18.3 Å². The van der Waals surface area contributed by atoms with E-state index in [1.165, 1.54) is 18.2 Å².